The fraction of sp³-hybridized carbons (Fsp3) is 0. The molecular formula is C14H10F2O2. The van der Waals surface area contributed by atoms with Crippen molar-refractivity contribution in [1.82, 2.24) is 0 Å². The first-order valence-electron chi connectivity index (χ1n) is 5.22. The van der Waals surface area contributed by atoms with Gasteiger partial charge in [-0.1, -0.05) is 0 Å². The van der Waals surface area contributed by atoms with E-state index in [-0.39, 0.29) is 22.6 Å². The summed E-state index contributed by atoms with van der Waals surface area (Å²) in [7, 11) is 0. The van der Waals surface area contributed by atoms with Crippen LogP contribution in [0, 0.1) is 0 Å². The Morgan fingerprint density at radius 2 is 0.889 bits per heavy atom. The van der Waals surface area contributed by atoms with Gasteiger partial charge in [-0.05, 0) is 48.5 Å². The molecule has 2 nitrogen and oxygen atoms in total. The summed E-state index contributed by atoms with van der Waals surface area (Å²) in [6.45, 7) is 0. The van der Waals surface area contributed by atoms with Gasteiger partial charge >= 0.3 is 0 Å². The molecule has 0 aliphatic rings. The van der Waals surface area contributed by atoms with Crippen LogP contribution in [0.15, 0.2) is 48.5 Å². The average molecular weight is 248 g/mol. The number of phenols is 2. The second kappa shape index (κ2) is 4.87. The van der Waals surface area contributed by atoms with Crippen LogP contribution in [0.2, 0.25) is 0 Å². The van der Waals surface area contributed by atoms with Gasteiger partial charge in [0, 0.05) is 11.1 Å². The number of halogens is 2. The maximum atomic E-state index is 13.8. The second-order valence-electron chi connectivity index (χ2n) is 3.72. The van der Waals surface area contributed by atoms with E-state index in [0.717, 1.165) is 0 Å². The zero-order chi connectivity index (χ0) is 13.1. The highest BCUT2D eigenvalue weighted by atomic mass is 19.2. The van der Waals surface area contributed by atoms with Gasteiger partial charge in [0.2, 0.25) is 0 Å². The molecule has 4 heteroatoms. The minimum atomic E-state index is -1.01. The van der Waals surface area contributed by atoms with Crippen LogP contribution in [0.4, 0.5) is 8.78 Å². The van der Waals surface area contributed by atoms with Crippen LogP contribution in [0.5, 0.6) is 11.5 Å². The molecule has 2 rings (SSSR count). The lowest BCUT2D eigenvalue weighted by atomic mass is 10.1. The summed E-state index contributed by atoms with van der Waals surface area (Å²) in [6, 6.07) is 10.2. The van der Waals surface area contributed by atoms with Crippen LogP contribution in [0.3, 0.4) is 0 Å². The van der Waals surface area contributed by atoms with E-state index in [1.54, 1.807) is 0 Å². The number of aromatic hydroxyl groups is 2. The van der Waals surface area contributed by atoms with Gasteiger partial charge in [-0.25, -0.2) is 8.78 Å². The molecule has 2 N–H and O–H groups in total. The molecule has 0 saturated heterocycles. The standard InChI is InChI=1S/C14H10F2O2/c15-13(9-1-5-11(17)6-2-9)14(16)10-3-7-12(18)8-4-10/h1-8,17-18H/b14-13+. The quantitative estimate of drug-likeness (QED) is 0.792. The van der Waals surface area contributed by atoms with Gasteiger partial charge in [0.05, 0.1) is 0 Å². The maximum Gasteiger partial charge on any atom is 0.166 e. The summed E-state index contributed by atoms with van der Waals surface area (Å²) in [4.78, 5) is 0. The summed E-state index contributed by atoms with van der Waals surface area (Å²) in [5, 5.41) is 18.1. The lowest BCUT2D eigenvalue weighted by molar-refractivity contribution is 0.474. The van der Waals surface area contributed by atoms with Gasteiger partial charge in [0.25, 0.3) is 0 Å². The third-order valence-corrected chi connectivity index (χ3v) is 2.43. The molecule has 0 saturated carbocycles. The Kier molecular flexibility index (Phi) is 3.28. The molecule has 18 heavy (non-hydrogen) atoms. The summed E-state index contributed by atoms with van der Waals surface area (Å²) < 4.78 is 27.6. The van der Waals surface area contributed by atoms with E-state index in [2.05, 4.69) is 0 Å². The fourth-order valence-electron chi connectivity index (χ4n) is 1.47. The highest BCUT2D eigenvalue weighted by Gasteiger charge is 2.11. The first kappa shape index (κ1) is 12.1. The van der Waals surface area contributed by atoms with Crippen LogP contribution in [-0.2, 0) is 0 Å². The fourth-order valence-corrected chi connectivity index (χ4v) is 1.47. The van der Waals surface area contributed by atoms with Crippen molar-refractivity contribution in [3.63, 3.8) is 0 Å². The van der Waals surface area contributed by atoms with Gasteiger partial charge < -0.3 is 10.2 Å². The zero-order valence-electron chi connectivity index (χ0n) is 9.27. The number of rotatable bonds is 2. The van der Waals surface area contributed by atoms with Gasteiger partial charge in [0.15, 0.2) is 11.7 Å². The van der Waals surface area contributed by atoms with E-state index in [9.17, 15) is 8.78 Å². The van der Waals surface area contributed by atoms with E-state index in [1.807, 2.05) is 0 Å². The Morgan fingerprint density at radius 3 is 1.17 bits per heavy atom. The largest absolute Gasteiger partial charge is 0.508 e. The van der Waals surface area contributed by atoms with E-state index in [1.165, 1.54) is 48.5 Å². The van der Waals surface area contributed by atoms with Crippen molar-refractivity contribution in [1.29, 1.82) is 0 Å². The minimum Gasteiger partial charge on any atom is -0.508 e. The lowest BCUT2D eigenvalue weighted by Gasteiger charge is -2.02. The van der Waals surface area contributed by atoms with Crippen molar-refractivity contribution >= 4 is 11.7 Å². The molecule has 0 spiro atoms. The first-order valence-corrected chi connectivity index (χ1v) is 5.22. The van der Waals surface area contributed by atoms with Crippen LogP contribution >= 0.6 is 0 Å². The molecule has 0 aromatic heterocycles. The monoisotopic (exact) mass is 248 g/mol. The normalized spacial score (nSPS) is 12.1. The van der Waals surface area contributed by atoms with E-state index >= 15 is 0 Å². The molecule has 0 atom stereocenters. The third-order valence-electron chi connectivity index (χ3n) is 2.43. The van der Waals surface area contributed by atoms with Gasteiger partial charge in [-0.2, -0.15) is 0 Å². The Morgan fingerprint density at radius 1 is 0.611 bits per heavy atom. The SMILES string of the molecule is Oc1ccc(/C(F)=C(\F)c2ccc(O)cc2)cc1. The second-order valence-corrected chi connectivity index (χ2v) is 3.72. The van der Waals surface area contributed by atoms with Crippen LogP contribution in [0.1, 0.15) is 11.1 Å². The van der Waals surface area contributed by atoms with Gasteiger partial charge in [-0.15, -0.1) is 0 Å². The van der Waals surface area contributed by atoms with E-state index in [4.69, 9.17) is 10.2 Å². The van der Waals surface area contributed by atoms with Crippen molar-refractivity contribution in [2.24, 2.45) is 0 Å². The van der Waals surface area contributed by atoms with Crippen molar-refractivity contribution < 1.29 is 19.0 Å². The molecule has 0 bridgehead atoms. The molecule has 0 fully saturated rings. The molecule has 0 unspecified atom stereocenters. The van der Waals surface area contributed by atoms with E-state index < -0.39 is 11.7 Å². The summed E-state index contributed by atoms with van der Waals surface area (Å²) in [5.74, 6) is -2.06. The molecular weight excluding hydrogens is 238 g/mol. The first-order chi connectivity index (χ1) is 8.58. The Labute approximate surface area is 102 Å². The molecule has 0 radical (unpaired) electrons. The Hall–Kier alpha value is -2.36. The number of benzene rings is 2. The number of phenolic OH excluding ortho intramolecular Hbond substituents is 2. The number of hydrogen-bond acceptors (Lipinski definition) is 2. The molecule has 0 aliphatic carbocycles. The smallest absolute Gasteiger partial charge is 0.166 e. The Balaban J connectivity index is 2.40. The van der Waals surface area contributed by atoms with Gasteiger partial charge in [-0.3, -0.25) is 0 Å². The van der Waals surface area contributed by atoms with Crippen LogP contribution < -0.4 is 0 Å². The Bertz CT molecular complexity index is 518. The topological polar surface area (TPSA) is 40.5 Å². The summed E-state index contributed by atoms with van der Waals surface area (Å²) >= 11 is 0. The highest BCUT2D eigenvalue weighted by Crippen LogP contribution is 2.30. The maximum absolute atomic E-state index is 13.8. The molecule has 0 amide bonds. The molecule has 92 valence electrons. The highest BCUT2D eigenvalue weighted by molar-refractivity contribution is 5.83. The predicted molar refractivity (Wildman–Crippen MR) is 65.2 cm³/mol. The third kappa shape index (κ3) is 2.48. The van der Waals surface area contributed by atoms with Crippen molar-refractivity contribution in [2.75, 3.05) is 0 Å². The summed E-state index contributed by atoms with van der Waals surface area (Å²) in [6.07, 6.45) is 0. The molecule has 2 aromatic carbocycles. The van der Waals surface area contributed by atoms with Crippen molar-refractivity contribution in [2.45, 2.75) is 0 Å². The van der Waals surface area contributed by atoms with Crippen LogP contribution in [-0.4, -0.2) is 10.2 Å². The predicted octanol–water partition coefficient (Wildman–Crippen LogP) is 3.86. The lowest BCUT2D eigenvalue weighted by Crippen LogP contribution is -1.83. The zero-order valence-corrected chi connectivity index (χ0v) is 9.27. The molecule has 2 aromatic rings. The van der Waals surface area contributed by atoms with Crippen molar-refractivity contribution in [3.05, 3.63) is 59.7 Å². The van der Waals surface area contributed by atoms with Crippen molar-refractivity contribution in [3.8, 4) is 11.5 Å². The number of hydrogen-bond donors (Lipinski definition) is 2. The van der Waals surface area contributed by atoms with E-state index in [0.29, 0.717) is 0 Å². The minimum absolute atomic E-state index is 0.0170. The van der Waals surface area contributed by atoms with Crippen LogP contribution in [0.25, 0.3) is 11.7 Å². The van der Waals surface area contributed by atoms with Gasteiger partial charge in [0.1, 0.15) is 11.5 Å². The average Bonchev–Trinajstić information content (AvgIpc) is 2.39. The molecule has 0 heterocycles. The molecule has 0 aliphatic heterocycles. The summed E-state index contributed by atoms with van der Waals surface area (Å²) in [5.41, 5.74) is 0.0803.